The van der Waals surface area contributed by atoms with Gasteiger partial charge in [0.2, 0.25) is 0 Å². The van der Waals surface area contributed by atoms with E-state index in [0.717, 1.165) is 6.29 Å². The molecule has 3 nitrogen and oxygen atoms in total. The summed E-state index contributed by atoms with van der Waals surface area (Å²) in [4.78, 5) is 10.3. The fraction of sp³-hybridized carbons (Fsp3) is 0.300. The maximum Gasteiger partial charge on any atom is 0.178 e. The molecular weight excluding hydrogens is 236 g/mol. The molecule has 0 unspecified atom stereocenters. The highest BCUT2D eigenvalue weighted by molar-refractivity contribution is 7.91. The molecule has 1 aromatic carbocycles. The van der Waals surface area contributed by atoms with Crippen molar-refractivity contribution in [3.05, 3.63) is 29.3 Å². The predicted octanol–water partition coefficient (Wildman–Crippen LogP) is 2.09. The molecule has 0 amide bonds. The number of hydrogen-bond donors (Lipinski definition) is 0. The van der Waals surface area contributed by atoms with Gasteiger partial charge in [-0.1, -0.05) is 11.6 Å². The molecule has 0 aromatic heterocycles. The normalized spacial score (nSPS) is 11.3. The zero-order valence-corrected chi connectivity index (χ0v) is 9.59. The minimum absolute atomic E-state index is 0.00658. The molecular formula is C10H11ClO3S. The lowest BCUT2D eigenvalue weighted by atomic mass is 10.4. The molecule has 15 heavy (non-hydrogen) atoms. The van der Waals surface area contributed by atoms with Crippen LogP contribution in [0.2, 0.25) is 5.02 Å². The maximum absolute atomic E-state index is 11.7. The summed E-state index contributed by atoms with van der Waals surface area (Å²) in [6.45, 7) is 0. The number of hydrogen-bond acceptors (Lipinski definition) is 3. The third kappa shape index (κ3) is 3.64. The maximum atomic E-state index is 11.7. The van der Waals surface area contributed by atoms with Gasteiger partial charge >= 0.3 is 0 Å². The topological polar surface area (TPSA) is 51.2 Å². The largest absolute Gasteiger partial charge is 0.303 e. The molecule has 0 saturated heterocycles. The number of halogens is 1. The Morgan fingerprint density at radius 2 is 1.80 bits per heavy atom. The highest BCUT2D eigenvalue weighted by atomic mass is 35.5. The summed E-state index contributed by atoms with van der Waals surface area (Å²) in [5.74, 6) is -0.00658. The predicted molar refractivity (Wildman–Crippen MR) is 58.8 cm³/mol. The van der Waals surface area contributed by atoms with Gasteiger partial charge in [-0.05, 0) is 30.7 Å². The molecule has 0 heterocycles. The molecule has 0 aliphatic heterocycles. The Hall–Kier alpha value is -0.870. The van der Waals surface area contributed by atoms with Crippen molar-refractivity contribution < 1.29 is 13.2 Å². The minimum Gasteiger partial charge on any atom is -0.303 e. The Labute approximate surface area is 94.0 Å². The van der Waals surface area contributed by atoms with E-state index in [-0.39, 0.29) is 17.1 Å². The second-order valence-corrected chi connectivity index (χ2v) is 5.63. The Bertz CT molecular complexity index is 422. The Balaban J connectivity index is 2.77. The third-order valence-electron chi connectivity index (χ3n) is 1.91. The first-order valence-electron chi connectivity index (χ1n) is 4.48. The quantitative estimate of drug-likeness (QED) is 0.591. The number of benzene rings is 1. The molecule has 0 N–H and O–H groups in total. The smallest absolute Gasteiger partial charge is 0.178 e. The van der Waals surface area contributed by atoms with Crippen LogP contribution >= 0.6 is 11.6 Å². The van der Waals surface area contributed by atoms with Gasteiger partial charge in [-0.2, -0.15) is 0 Å². The lowest BCUT2D eigenvalue weighted by Crippen LogP contribution is -2.06. The molecule has 1 aromatic rings. The highest BCUT2D eigenvalue weighted by Gasteiger charge is 2.13. The molecule has 0 aliphatic carbocycles. The lowest BCUT2D eigenvalue weighted by Gasteiger charge is -2.02. The second kappa shape index (κ2) is 5.28. The van der Waals surface area contributed by atoms with E-state index < -0.39 is 9.84 Å². The van der Waals surface area contributed by atoms with Crippen LogP contribution < -0.4 is 0 Å². The van der Waals surface area contributed by atoms with Crippen LogP contribution in [0, 0.1) is 0 Å². The second-order valence-electron chi connectivity index (χ2n) is 3.08. The van der Waals surface area contributed by atoms with Gasteiger partial charge in [0.25, 0.3) is 0 Å². The van der Waals surface area contributed by atoms with Gasteiger partial charge in [0, 0.05) is 11.4 Å². The van der Waals surface area contributed by atoms with E-state index in [9.17, 15) is 13.2 Å². The summed E-state index contributed by atoms with van der Waals surface area (Å²) < 4.78 is 23.3. The third-order valence-corrected chi connectivity index (χ3v) is 3.98. The van der Waals surface area contributed by atoms with E-state index in [0.29, 0.717) is 11.4 Å². The van der Waals surface area contributed by atoms with Crippen molar-refractivity contribution in [3.63, 3.8) is 0 Å². The average Bonchev–Trinajstić information content (AvgIpc) is 2.18. The average molecular weight is 247 g/mol. The molecule has 0 radical (unpaired) electrons. The first-order chi connectivity index (χ1) is 7.06. The SMILES string of the molecule is O=CCCCS(=O)(=O)c1ccc(Cl)cc1. The van der Waals surface area contributed by atoms with Crippen LogP contribution in [0.1, 0.15) is 12.8 Å². The molecule has 5 heteroatoms. The summed E-state index contributed by atoms with van der Waals surface area (Å²) >= 11 is 5.65. The highest BCUT2D eigenvalue weighted by Crippen LogP contribution is 2.16. The van der Waals surface area contributed by atoms with Crippen LogP contribution in [0.25, 0.3) is 0 Å². The number of carbonyl (C=O) groups excluding carboxylic acids is 1. The lowest BCUT2D eigenvalue weighted by molar-refractivity contribution is -0.107. The first-order valence-corrected chi connectivity index (χ1v) is 6.51. The van der Waals surface area contributed by atoms with Crippen molar-refractivity contribution in [1.82, 2.24) is 0 Å². The number of rotatable bonds is 5. The molecule has 0 atom stereocenters. The zero-order valence-electron chi connectivity index (χ0n) is 8.02. The van der Waals surface area contributed by atoms with E-state index in [2.05, 4.69) is 0 Å². The molecule has 0 aliphatic rings. The fourth-order valence-corrected chi connectivity index (χ4v) is 2.58. The van der Waals surface area contributed by atoms with Gasteiger partial charge in [0.1, 0.15) is 6.29 Å². The van der Waals surface area contributed by atoms with Crippen molar-refractivity contribution in [3.8, 4) is 0 Å². The van der Waals surface area contributed by atoms with Gasteiger partial charge in [-0.25, -0.2) is 8.42 Å². The van der Waals surface area contributed by atoms with Crippen molar-refractivity contribution >= 4 is 27.7 Å². The van der Waals surface area contributed by atoms with Crippen LogP contribution in [-0.4, -0.2) is 20.5 Å². The van der Waals surface area contributed by atoms with E-state index in [1.807, 2.05) is 0 Å². The molecule has 1 rings (SSSR count). The van der Waals surface area contributed by atoms with Crippen molar-refractivity contribution in [2.45, 2.75) is 17.7 Å². The van der Waals surface area contributed by atoms with E-state index in [4.69, 9.17) is 11.6 Å². The molecule has 0 spiro atoms. The number of aldehydes is 1. The Morgan fingerprint density at radius 3 is 2.33 bits per heavy atom. The fourth-order valence-electron chi connectivity index (χ4n) is 1.12. The van der Waals surface area contributed by atoms with Gasteiger partial charge in [0.05, 0.1) is 10.6 Å². The first kappa shape index (κ1) is 12.2. The summed E-state index contributed by atoms with van der Waals surface area (Å²) in [7, 11) is -3.27. The number of sulfone groups is 1. The van der Waals surface area contributed by atoms with Crippen LogP contribution in [0.3, 0.4) is 0 Å². The monoisotopic (exact) mass is 246 g/mol. The standard InChI is InChI=1S/C10H11ClO3S/c11-9-3-5-10(6-4-9)15(13,14)8-2-1-7-12/h3-7H,1-2,8H2. The van der Waals surface area contributed by atoms with Crippen molar-refractivity contribution in [2.24, 2.45) is 0 Å². The van der Waals surface area contributed by atoms with E-state index in [1.54, 1.807) is 0 Å². The molecule has 0 saturated carbocycles. The zero-order chi connectivity index (χ0) is 11.3. The summed E-state index contributed by atoms with van der Waals surface area (Å²) in [6.07, 6.45) is 1.35. The Morgan fingerprint density at radius 1 is 1.20 bits per heavy atom. The van der Waals surface area contributed by atoms with Gasteiger partial charge in [0.15, 0.2) is 9.84 Å². The summed E-state index contributed by atoms with van der Waals surface area (Å²) in [5, 5.41) is 0.502. The van der Waals surface area contributed by atoms with Crippen LogP contribution in [0.5, 0.6) is 0 Å². The van der Waals surface area contributed by atoms with E-state index >= 15 is 0 Å². The molecule has 0 fully saturated rings. The summed E-state index contributed by atoms with van der Waals surface area (Å²) in [5.41, 5.74) is 0. The van der Waals surface area contributed by atoms with Gasteiger partial charge in [-0.3, -0.25) is 0 Å². The molecule has 82 valence electrons. The Kier molecular flexibility index (Phi) is 4.29. The van der Waals surface area contributed by atoms with Crippen LogP contribution in [-0.2, 0) is 14.6 Å². The van der Waals surface area contributed by atoms with Gasteiger partial charge in [-0.15, -0.1) is 0 Å². The van der Waals surface area contributed by atoms with Crippen LogP contribution in [0.4, 0.5) is 0 Å². The van der Waals surface area contributed by atoms with Gasteiger partial charge < -0.3 is 4.79 Å². The minimum atomic E-state index is -3.27. The molecule has 0 bridgehead atoms. The summed E-state index contributed by atoms with van der Waals surface area (Å²) in [6, 6.07) is 6.01. The number of carbonyl (C=O) groups is 1. The van der Waals surface area contributed by atoms with Crippen LogP contribution in [0.15, 0.2) is 29.2 Å². The van der Waals surface area contributed by atoms with Crippen molar-refractivity contribution in [2.75, 3.05) is 5.75 Å². The van der Waals surface area contributed by atoms with Crippen molar-refractivity contribution in [1.29, 1.82) is 0 Å². The number of unbranched alkanes of at least 4 members (excludes halogenated alkanes) is 1. The van der Waals surface area contributed by atoms with E-state index in [1.165, 1.54) is 24.3 Å².